The van der Waals surface area contributed by atoms with Crippen LogP contribution in [0.5, 0.6) is 0 Å². The molecular weight excluding hydrogens is 246 g/mol. The Labute approximate surface area is 101 Å². The molecule has 1 rings (SSSR count). The number of hydrogen-bond donors (Lipinski definition) is 1. The predicted octanol–water partition coefficient (Wildman–Crippen LogP) is 2.58. The molecule has 0 aromatic heterocycles. The molecule has 0 saturated carbocycles. The van der Waals surface area contributed by atoms with E-state index < -0.39 is 10.0 Å². The lowest BCUT2D eigenvalue weighted by Gasteiger charge is -2.05. The molecule has 0 spiro atoms. The lowest BCUT2D eigenvalue weighted by atomic mass is 10.4. The maximum absolute atomic E-state index is 11.7. The van der Waals surface area contributed by atoms with E-state index in [0.717, 1.165) is 0 Å². The van der Waals surface area contributed by atoms with Crippen molar-refractivity contribution in [1.29, 1.82) is 0 Å². The largest absolute Gasteiger partial charge is 0.240 e. The minimum atomic E-state index is -3.40. The van der Waals surface area contributed by atoms with Gasteiger partial charge in [-0.3, -0.25) is 0 Å². The van der Waals surface area contributed by atoms with Crippen molar-refractivity contribution in [2.24, 2.45) is 0 Å². The monoisotopic (exact) mass is 259 g/mol. The summed E-state index contributed by atoms with van der Waals surface area (Å²) < 4.78 is 26.0. The second-order valence-corrected chi connectivity index (χ2v) is 5.41. The molecule has 0 heterocycles. The third-order valence-corrected chi connectivity index (χ3v) is 3.69. The highest BCUT2D eigenvalue weighted by molar-refractivity contribution is 7.89. The first-order valence-corrected chi connectivity index (χ1v) is 6.79. The Morgan fingerprint density at radius 2 is 1.94 bits per heavy atom. The zero-order valence-electron chi connectivity index (χ0n) is 8.98. The average Bonchev–Trinajstić information content (AvgIpc) is 2.25. The molecule has 0 aliphatic carbocycles. The van der Waals surface area contributed by atoms with Crippen LogP contribution < -0.4 is 4.72 Å². The molecule has 0 bridgehead atoms. The quantitative estimate of drug-likeness (QED) is 0.653. The Bertz CT molecular complexity index is 451. The molecule has 1 aromatic carbocycles. The standard InChI is InChI=1S/C11H14ClNO2S/c1-2-3-4-9-13-16(14,15)11-7-5-10(12)6-8-11/h2-3,5-8,13H,4,9H2,1H3/b3-2+. The van der Waals surface area contributed by atoms with E-state index in [0.29, 0.717) is 18.0 Å². The first kappa shape index (κ1) is 13.2. The van der Waals surface area contributed by atoms with E-state index in [4.69, 9.17) is 11.6 Å². The molecule has 0 fully saturated rings. The van der Waals surface area contributed by atoms with Gasteiger partial charge in [-0.2, -0.15) is 0 Å². The fourth-order valence-electron chi connectivity index (χ4n) is 1.14. The normalized spacial score (nSPS) is 12.1. The van der Waals surface area contributed by atoms with Gasteiger partial charge in [-0.1, -0.05) is 23.8 Å². The SMILES string of the molecule is C/C=C/CCNS(=O)(=O)c1ccc(Cl)cc1. The van der Waals surface area contributed by atoms with E-state index in [9.17, 15) is 8.42 Å². The van der Waals surface area contributed by atoms with Crippen molar-refractivity contribution >= 4 is 21.6 Å². The van der Waals surface area contributed by atoms with E-state index in [1.807, 2.05) is 19.1 Å². The molecule has 3 nitrogen and oxygen atoms in total. The summed E-state index contributed by atoms with van der Waals surface area (Å²) in [5.41, 5.74) is 0. The molecule has 88 valence electrons. The van der Waals surface area contributed by atoms with Crippen molar-refractivity contribution in [3.8, 4) is 0 Å². The number of sulfonamides is 1. The predicted molar refractivity (Wildman–Crippen MR) is 66.1 cm³/mol. The molecule has 0 radical (unpaired) electrons. The zero-order valence-corrected chi connectivity index (χ0v) is 10.6. The molecule has 0 amide bonds. The highest BCUT2D eigenvalue weighted by Crippen LogP contribution is 2.13. The van der Waals surface area contributed by atoms with Crippen molar-refractivity contribution < 1.29 is 8.42 Å². The number of benzene rings is 1. The number of nitrogens with one attached hydrogen (secondary N) is 1. The first-order valence-electron chi connectivity index (χ1n) is 4.92. The molecule has 0 saturated heterocycles. The Morgan fingerprint density at radius 1 is 1.31 bits per heavy atom. The molecule has 16 heavy (non-hydrogen) atoms. The lowest BCUT2D eigenvalue weighted by Crippen LogP contribution is -2.24. The van der Waals surface area contributed by atoms with E-state index in [2.05, 4.69) is 4.72 Å². The smallest absolute Gasteiger partial charge is 0.211 e. The molecule has 0 unspecified atom stereocenters. The third-order valence-electron chi connectivity index (χ3n) is 1.96. The van der Waals surface area contributed by atoms with Crippen LogP contribution in [0.3, 0.4) is 0 Å². The minimum absolute atomic E-state index is 0.234. The van der Waals surface area contributed by atoms with Crippen molar-refractivity contribution in [1.82, 2.24) is 4.72 Å². The van der Waals surface area contributed by atoms with Gasteiger partial charge >= 0.3 is 0 Å². The molecular formula is C11H14ClNO2S. The average molecular weight is 260 g/mol. The van der Waals surface area contributed by atoms with Gasteiger partial charge in [-0.15, -0.1) is 0 Å². The van der Waals surface area contributed by atoms with Gasteiger partial charge in [-0.25, -0.2) is 13.1 Å². The van der Waals surface area contributed by atoms with Crippen molar-refractivity contribution in [3.05, 3.63) is 41.4 Å². The molecule has 0 aliphatic rings. The van der Waals surface area contributed by atoms with E-state index in [-0.39, 0.29) is 4.90 Å². The zero-order chi connectivity index (χ0) is 12.0. The van der Waals surface area contributed by atoms with Gasteiger partial charge in [0, 0.05) is 11.6 Å². The van der Waals surface area contributed by atoms with Gasteiger partial charge in [0.1, 0.15) is 0 Å². The second-order valence-electron chi connectivity index (χ2n) is 3.21. The van der Waals surface area contributed by atoms with Gasteiger partial charge in [0.15, 0.2) is 0 Å². The summed E-state index contributed by atoms with van der Waals surface area (Å²) in [6.45, 7) is 2.29. The van der Waals surface area contributed by atoms with Crippen LogP contribution >= 0.6 is 11.6 Å². The summed E-state index contributed by atoms with van der Waals surface area (Å²) in [7, 11) is -3.40. The maximum Gasteiger partial charge on any atom is 0.240 e. The molecule has 0 aliphatic heterocycles. The summed E-state index contributed by atoms with van der Waals surface area (Å²) in [6, 6.07) is 6.09. The van der Waals surface area contributed by atoms with Crippen LogP contribution in [-0.4, -0.2) is 15.0 Å². The van der Waals surface area contributed by atoms with Crippen molar-refractivity contribution in [3.63, 3.8) is 0 Å². The number of allylic oxidation sites excluding steroid dienone is 1. The van der Waals surface area contributed by atoms with E-state index in [1.165, 1.54) is 12.1 Å². The molecule has 1 N–H and O–H groups in total. The van der Waals surface area contributed by atoms with E-state index in [1.54, 1.807) is 12.1 Å². The summed E-state index contributed by atoms with van der Waals surface area (Å²) in [4.78, 5) is 0.234. The van der Waals surface area contributed by atoms with Crippen LogP contribution in [-0.2, 0) is 10.0 Å². The minimum Gasteiger partial charge on any atom is -0.211 e. The fourth-order valence-corrected chi connectivity index (χ4v) is 2.31. The molecule has 5 heteroatoms. The second kappa shape index (κ2) is 6.03. The first-order chi connectivity index (χ1) is 7.56. The van der Waals surface area contributed by atoms with Gasteiger partial charge < -0.3 is 0 Å². The summed E-state index contributed by atoms with van der Waals surface area (Å²) in [5.74, 6) is 0. The highest BCUT2D eigenvalue weighted by atomic mass is 35.5. The number of halogens is 1. The van der Waals surface area contributed by atoms with Crippen LogP contribution in [0.4, 0.5) is 0 Å². The maximum atomic E-state index is 11.7. The molecule has 0 atom stereocenters. The van der Waals surface area contributed by atoms with Crippen LogP contribution in [0.2, 0.25) is 5.02 Å². The number of hydrogen-bond acceptors (Lipinski definition) is 2. The van der Waals surface area contributed by atoms with Crippen LogP contribution in [0.15, 0.2) is 41.3 Å². The van der Waals surface area contributed by atoms with Crippen molar-refractivity contribution in [2.75, 3.05) is 6.54 Å². The Balaban J connectivity index is 2.67. The molecule has 1 aromatic rings. The summed E-state index contributed by atoms with van der Waals surface area (Å²) in [6.07, 6.45) is 4.48. The summed E-state index contributed by atoms with van der Waals surface area (Å²) in [5, 5.41) is 0.521. The topological polar surface area (TPSA) is 46.2 Å². The van der Waals surface area contributed by atoms with Crippen LogP contribution in [0, 0.1) is 0 Å². The Morgan fingerprint density at radius 3 is 2.50 bits per heavy atom. The third kappa shape index (κ3) is 3.96. The summed E-state index contributed by atoms with van der Waals surface area (Å²) >= 11 is 5.68. The van der Waals surface area contributed by atoms with Gasteiger partial charge in [0.25, 0.3) is 0 Å². The highest BCUT2D eigenvalue weighted by Gasteiger charge is 2.11. The number of rotatable bonds is 5. The Hall–Kier alpha value is -0.840. The van der Waals surface area contributed by atoms with Gasteiger partial charge in [0.2, 0.25) is 10.0 Å². The van der Waals surface area contributed by atoms with Gasteiger partial charge in [-0.05, 0) is 37.6 Å². The van der Waals surface area contributed by atoms with Gasteiger partial charge in [0.05, 0.1) is 4.90 Å². The van der Waals surface area contributed by atoms with Crippen LogP contribution in [0.25, 0.3) is 0 Å². The lowest BCUT2D eigenvalue weighted by molar-refractivity contribution is 0.582. The fraction of sp³-hybridized carbons (Fsp3) is 0.273. The van der Waals surface area contributed by atoms with Crippen molar-refractivity contribution in [2.45, 2.75) is 18.2 Å². The van der Waals surface area contributed by atoms with E-state index >= 15 is 0 Å². The Kier molecular flexibility index (Phi) is 4.99. The van der Waals surface area contributed by atoms with Crippen LogP contribution in [0.1, 0.15) is 13.3 Å².